The summed E-state index contributed by atoms with van der Waals surface area (Å²) in [7, 11) is 3.38. The van der Waals surface area contributed by atoms with Crippen molar-refractivity contribution in [3.63, 3.8) is 0 Å². The lowest BCUT2D eigenvalue weighted by Gasteiger charge is -2.43. The van der Waals surface area contributed by atoms with E-state index in [0.717, 1.165) is 36.3 Å². The van der Waals surface area contributed by atoms with Gasteiger partial charge < -0.3 is 15.2 Å². The topological polar surface area (TPSA) is 44.5 Å². The summed E-state index contributed by atoms with van der Waals surface area (Å²) in [6.45, 7) is 4.57. The highest BCUT2D eigenvalue weighted by molar-refractivity contribution is 5.49. The first-order valence-electron chi connectivity index (χ1n) is 6.92. The quantitative estimate of drug-likeness (QED) is 0.908. The molecule has 1 aromatic rings. The van der Waals surface area contributed by atoms with Gasteiger partial charge in [0, 0.05) is 5.54 Å². The van der Waals surface area contributed by atoms with Crippen LogP contribution in [0.2, 0.25) is 0 Å². The Balaban J connectivity index is 2.50. The first kappa shape index (κ1) is 14.2. The van der Waals surface area contributed by atoms with Gasteiger partial charge in [-0.1, -0.05) is 26.3 Å². The fourth-order valence-corrected chi connectivity index (χ4v) is 3.47. The zero-order valence-corrected chi connectivity index (χ0v) is 12.5. The molecule has 1 aliphatic rings. The fraction of sp³-hybridized carbons (Fsp3) is 0.625. The van der Waals surface area contributed by atoms with Crippen LogP contribution >= 0.6 is 0 Å². The Morgan fingerprint density at radius 1 is 1.05 bits per heavy atom. The first-order valence-corrected chi connectivity index (χ1v) is 6.92. The molecule has 0 bridgehead atoms. The van der Waals surface area contributed by atoms with Gasteiger partial charge >= 0.3 is 0 Å². The van der Waals surface area contributed by atoms with Gasteiger partial charge in [0.2, 0.25) is 0 Å². The normalized spacial score (nSPS) is 25.9. The lowest BCUT2D eigenvalue weighted by molar-refractivity contribution is 0.146. The highest BCUT2D eigenvalue weighted by Crippen LogP contribution is 2.49. The molecule has 0 aromatic heterocycles. The SMILES string of the molecule is COc1cccc(OC)c1C1(N)CCCC(C)(C)C1. The maximum absolute atomic E-state index is 6.75. The van der Waals surface area contributed by atoms with E-state index in [0.29, 0.717) is 0 Å². The van der Waals surface area contributed by atoms with Crippen molar-refractivity contribution in [2.45, 2.75) is 45.1 Å². The van der Waals surface area contributed by atoms with E-state index < -0.39 is 0 Å². The van der Waals surface area contributed by atoms with E-state index in [9.17, 15) is 0 Å². The van der Waals surface area contributed by atoms with E-state index in [1.807, 2.05) is 18.2 Å². The predicted octanol–water partition coefficient (Wildman–Crippen LogP) is 3.46. The van der Waals surface area contributed by atoms with Crippen molar-refractivity contribution in [3.8, 4) is 11.5 Å². The molecule has 19 heavy (non-hydrogen) atoms. The standard InChI is InChI=1S/C16H25NO2/c1-15(2)9-6-10-16(17,11-15)14-12(18-3)7-5-8-13(14)19-4/h5,7-8H,6,9-11,17H2,1-4H3. The number of rotatable bonds is 3. The minimum Gasteiger partial charge on any atom is -0.496 e. The average Bonchev–Trinajstić information content (AvgIpc) is 2.36. The van der Waals surface area contributed by atoms with Gasteiger partial charge in [0.1, 0.15) is 11.5 Å². The Kier molecular flexibility index (Phi) is 3.77. The zero-order chi connectivity index (χ0) is 14.1. The van der Waals surface area contributed by atoms with Crippen molar-refractivity contribution in [2.24, 2.45) is 11.1 Å². The van der Waals surface area contributed by atoms with Crippen LogP contribution in [0, 0.1) is 5.41 Å². The van der Waals surface area contributed by atoms with Gasteiger partial charge in [-0.25, -0.2) is 0 Å². The molecule has 1 aliphatic carbocycles. The molecule has 3 nitrogen and oxygen atoms in total. The molecule has 0 radical (unpaired) electrons. The van der Waals surface area contributed by atoms with Gasteiger partial charge in [-0.15, -0.1) is 0 Å². The van der Waals surface area contributed by atoms with Crippen LogP contribution in [0.25, 0.3) is 0 Å². The third-order valence-corrected chi connectivity index (χ3v) is 4.20. The average molecular weight is 263 g/mol. The fourth-order valence-electron chi connectivity index (χ4n) is 3.47. The molecule has 0 amide bonds. The summed E-state index contributed by atoms with van der Waals surface area (Å²) in [4.78, 5) is 0. The highest BCUT2D eigenvalue weighted by atomic mass is 16.5. The largest absolute Gasteiger partial charge is 0.496 e. The molecule has 1 unspecified atom stereocenters. The maximum atomic E-state index is 6.75. The number of methoxy groups -OCH3 is 2. The van der Waals surface area contributed by atoms with E-state index in [4.69, 9.17) is 15.2 Å². The molecule has 1 saturated carbocycles. The third kappa shape index (κ3) is 2.71. The Morgan fingerprint density at radius 2 is 1.63 bits per heavy atom. The molecule has 1 atom stereocenters. The molecule has 2 N–H and O–H groups in total. The summed E-state index contributed by atoms with van der Waals surface area (Å²) >= 11 is 0. The lowest BCUT2D eigenvalue weighted by atomic mass is 9.65. The Morgan fingerprint density at radius 3 is 2.11 bits per heavy atom. The Hall–Kier alpha value is -1.22. The first-order chi connectivity index (χ1) is 8.92. The summed E-state index contributed by atoms with van der Waals surface area (Å²) in [5.74, 6) is 1.67. The van der Waals surface area contributed by atoms with Crippen molar-refractivity contribution in [3.05, 3.63) is 23.8 Å². The highest BCUT2D eigenvalue weighted by Gasteiger charge is 2.41. The molecular formula is C16H25NO2. The minimum atomic E-state index is -0.361. The summed E-state index contributed by atoms with van der Waals surface area (Å²) in [5.41, 5.74) is 7.67. The number of hydrogen-bond acceptors (Lipinski definition) is 3. The smallest absolute Gasteiger partial charge is 0.127 e. The Bertz CT molecular complexity index is 434. The molecule has 1 aromatic carbocycles. The van der Waals surface area contributed by atoms with Crippen LogP contribution in [0.1, 0.15) is 45.1 Å². The van der Waals surface area contributed by atoms with Gasteiger partial charge in [0.15, 0.2) is 0 Å². The molecular weight excluding hydrogens is 238 g/mol. The summed E-state index contributed by atoms with van der Waals surface area (Å²) in [5, 5.41) is 0. The second kappa shape index (κ2) is 5.04. The van der Waals surface area contributed by atoms with Crippen molar-refractivity contribution < 1.29 is 9.47 Å². The number of ether oxygens (including phenoxy) is 2. The van der Waals surface area contributed by atoms with Crippen LogP contribution < -0.4 is 15.2 Å². The second-order valence-corrected chi connectivity index (χ2v) is 6.39. The third-order valence-electron chi connectivity index (χ3n) is 4.20. The van der Waals surface area contributed by atoms with E-state index >= 15 is 0 Å². The van der Waals surface area contributed by atoms with Crippen molar-refractivity contribution in [2.75, 3.05) is 14.2 Å². The van der Waals surface area contributed by atoms with E-state index in [1.54, 1.807) is 14.2 Å². The zero-order valence-electron chi connectivity index (χ0n) is 12.5. The van der Waals surface area contributed by atoms with Crippen LogP contribution in [0.5, 0.6) is 11.5 Å². The van der Waals surface area contributed by atoms with Gasteiger partial charge in [0.25, 0.3) is 0 Å². The molecule has 0 spiro atoms. The van der Waals surface area contributed by atoms with E-state index in [-0.39, 0.29) is 11.0 Å². The predicted molar refractivity (Wildman–Crippen MR) is 77.7 cm³/mol. The Labute approximate surface area is 116 Å². The molecule has 3 heteroatoms. The van der Waals surface area contributed by atoms with Gasteiger partial charge in [0.05, 0.1) is 19.8 Å². The van der Waals surface area contributed by atoms with Gasteiger partial charge in [-0.3, -0.25) is 0 Å². The van der Waals surface area contributed by atoms with Crippen LogP contribution in [-0.2, 0) is 5.54 Å². The second-order valence-electron chi connectivity index (χ2n) is 6.39. The maximum Gasteiger partial charge on any atom is 0.127 e. The van der Waals surface area contributed by atoms with E-state index in [1.165, 1.54) is 6.42 Å². The molecule has 0 heterocycles. The van der Waals surface area contributed by atoms with Crippen molar-refractivity contribution >= 4 is 0 Å². The molecule has 1 fully saturated rings. The number of benzene rings is 1. The van der Waals surface area contributed by atoms with Crippen LogP contribution in [0.15, 0.2) is 18.2 Å². The lowest BCUT2D eigenvalue weighted by Crippen LogP contribution is -2.44. The summed E-state index contributed by atoms with van der Waals surface area (Å²) in [6.07, 6.45) is 4.30. The van der Waals surface area contributed by atoms with Crippen molar-refractivity contribution in [1.29, 1.82) is 0 Å². The summed E-state index contributed by atoms with van der Waals surface area (Å²) < 4.78 is 11.0. The van der Waals surface area contributed by atoms with Crippen molar-refractivity contribution in [1.82, 2.24) is 0 Å². The molecule has 106 valence electrons. The van der Waals surface area contributed by atoms with Gasteiger partial charge in [-0.05, 0) is 36.8 Å². The molecule has 0 saturated heterocycles. The monoisotopic (exact) mass is 263 g/mol. The van der Waals surface area contributed by atoms with E-state index in [2.05, 4.69) is 13.8 Å². The van der Waals surface area contributed by atoms with Crippen LogP contribution in [0.3, 0.4) is 0 Å². The van der Waals surface area contributed by atoms with Gasteiger partial charge in [-0.2, -0.15) is 0 Å². The molecule has 0 aliphatic heterocycles. The van der Waals surface area contributed by atoms with Crippen LogP contribution in [-0.4, -0.2) is 14.2 Å². The van der Waals surface area contributed by atoms with Crippen LogP contribution in [0.4, 0.5) is 0 Å². The number of hydrogen-bond donors (Lipinski definition) is 1. The minimum absolute atomic E-state index is 0.263. The molecule has 2 rings (SSSR count). The number of nitrogens with two attached hydrogens (primary N) is 1. The summed E-state index contributed by atoms with van der Waals surface area (Å²) in [6, 6.07) is 5.88.